The summed E-state index contributed by atoms with van der Waals surface area (Å²) in [5.74, 6) is 1.81. The molecule has 0 aromatic rings. The van der Waals surface area contributed by atoms with Gasteiger partial charge in [-0.15, -0.1) is 0 Å². The topological polar surface area (TPSA) is 17.1 Å². The molecule has 0 radical (unpaired) electrons. The Morgan fingerprint density at radius 2 is 2.20 bits per heavy atom. The average Bonchev–Trinajstić information content (AvgIpc) is 1.85. The van der Waals surface area contributed by atoms with Crippen LogP contribution in [0.4, 0.5) is 0 Å². The van der Waals surface area contributed by atoms with Crippen LogP contribution in [0.1, 0.15) is 39.5 Å². The second kappa shape index (κ2) is 3.18. The second-order valence-electron chi connectivity index (χ2n) is 3.56. The van der Waals surface area contributed by atoms with E-state index in [9.17, 15) is 4.79 Å². The third-order valence-electron chi connectivity index (χ3n) is 2.41. The van der Waals surface area contributed by atoms with Gasteiger partial charge in [-0.2, -0.15) is 0 Å². The highest BCUT2D eigenvalue weighted by molar-refractivity contribution is 5.79. The van der Waals surface area contributed by atoms with E-state index in [4.69, 9.17) is 0 Å². The van der Waals surface area contributed by atoms with Gasteiger partial charge in [-0.25, -0.2) is 0 Å². The van der Waals surface area contributed by atoms with Gasteiger partial charge < -0.3 is 0 Å². The molecule has 0 N–H and O–H groups in total. The molecule has 10 heavy (non-hydrogen) atoms. The molecule has 0 aliphatic heterocycles. The lowest BCUT2D eigenvalue weighted by Gasteiger charge is -2.24. The van der Waals surface area contributed by atoms with E-state index in [1.807, 2.05) is 0 Å². The van der Waals surface area contributed by atoms with E-state index < -0.39 is 0 Å². The van der Waals surface area contributed by atoms with Crippen LogP contribution in [0.25, 0.3) is 0 Å². The van der Waals surface area contributed by atoms with Crippen LogP contribution >= 0.6 is 0 Å². The van der Waals surface area contributed by atoms with Crippen molar-refractivity contribution in [1.82, 2.24) is 0 Å². The average molecular weight is 140 g/mol. The van der Waals surface area contributed by atoms with E-state index in [-0.39, 0.29) is 0 Å². The summed E-state index contributed by atoms with van der Waals surface area (Å²) < 4.78 is 0. The lowest BCUT2D eigenvalue weighted by molar-refractivity contribution is -0.122. The summed E-state index contributed by atoms with van der Waals surface area (Å²) in [5, 5.41) is 0. The summed E-state index contributed by atoms with van der Waals surface area (Å²) in [7, 11) is 0. The predicted octanol–water partition coefficient (Wildman–Crippen LogP) is 2.40. The first-order chi connectivity index (χ1) is 4.72. The molecule has 0 saturated heterocycles. The number of carbonyl (C=O) groups is 1. The maximum atomic E-state index is 11.0. The molecule has 0 aromatic heterocycles. The first-order valence-electron chi connectivity index (χ1n) is 4.24. The Kier molecular flexibility index (Phi) is 2.47. The molecule has 0 heterocycles. The zero-order chi connectivity index (χ0) is 7.56. The lowest BCUT2D eigenvalue weighted by Crippen LogP contribution is -2.20. The van der Waals surface area contributed by atoms with Crippen molar-refractivity contribution in [2.24, 2.45) is 11.8 Å². The van der Waals surface area contributed by atoms with Crippen LogP contribution in [0, 0.1) is 11.8 Å². The Labute approximate surface area is 62.8 Å². The minimum atomic E-state index is 0.477. The van der Waals surface area contributed by atoms with Gasteiger partial charge in [-0.1, -0.05) is 20.3 Å². The zero-order valence-electron chi connectivity index (χ0n) is 6.89. The summed E-state index contributed by atoms with van der Waals surface area (Å²) >= 11 is 0. The monoisotopic (exact) mass is 140 g/mol. The van der Waals surface area contributed by atoms with Crippen LogP contribution < -0.4 is 0 Å². The van der Waals surface area contributed by atoms with E-state index in [1.54, 1.807) is 0 Å². The van der Waals surface area contributed by atoms with Crippen LogP contribution in [-0.2, 0) is 4.79 Å². The summed E-state index contributed by atoms with van der Waals surface area (Å²) in [6.07, 6.45) is 4.12. The number of Topliss-reactive ketones (excluding diaryl/α,β-unsaturated/α-hetero) is 1. The van der Waals surface area contributed by atoms with Gasteiger partial charge in [0.25, 0.3) is 0 Å². The molecule has 1 fully saturated rings. The minimum absolute atomic E-state index is 0.477. The Bertz CT molecular complexity index is 129. The summed E-state index contributed by atoms with van der Waals surface area (Å²) in [6, 6.07) is 0. The minimum Gasteiger partial charge on any atom is -0.300 e. The molecule has 1 rings (SSSR count). The van der Waals surface area contributed by atoms with Crippen molar-refractivity contribution in [2.45, 2.75) is 39.5 Å². The van der Waals surface area contributed by atoms with Crippen LogP contribution in [0.3, 0.4) is 0 Å². The SMILES string of the molecule is CC[C@@H]1CC(=O)C[C@H](C)C1. The first kappa shape index (κ1) is 7.77. The third-order valence-corrected chi connectivity index (χ3v) is 2.41. The van der Waals surface area contributed by atoms with Gasteiger partial charge in [0.2, 0.25) is 0 Å². The van der Waals surface area contributed by atoms with Gasteiger partial charge in [0.05, 0.1) is 0 Å². The standard InChI is InChI=1S/C9H16O/c1-3-8-4-7(2)5-9(10)6-8/h7-8H,3-6H2,1-2H3/t7-,8+/m1/s1. The van der Waals surface area contributed by atoms with Gasteiger partial charge in [0.1, 0.15) is 5.78 Å². The molecule has 0 unspecified atom stereocenters. The number of hydrogen-bond donors (Lipinski definition) is 0. The summed E-state index contributed by atoms with van der Waals surface area (Å²) in [4.78, 5) is 11.0. The van der Waals surface area contributed by atoms with Crippen molar-refractivity contribution < 1.29 is 4.79 Å². The molecule has 1 aliphatic carbocycles. The molecule has 0 aromatic carbocycles. The van der Waals surface area contributed by atoms with Crippen molar-refractivity contribution in [3.05, 3.63) is 0 Å². The Morgan fingerprint density at radius 3 is 2.70 bits per heavy atom. The molecule has 1 nitrogen and oxygen atoms in total. The molecular weight excluding hydrogens is 124 g/mol. The molecule has 58 valence electrons. The smallest absolute Gasteiger partial charge is 0.133 e. The fourth-order valence-electron chi connectivity index (χ4n) is 1.84. The normalized spacial score (nSPS) is 34.4. The Morgan fingerprint density at radius 1 is 1.50 bits per heavy atom. The molecule has 0 amide bonds. The number of rotatable bonds is 1. The highest BCUT2D eigenvalue weighted by Crippen LogP contribution is 2.27. The second-order valence-corrected chi connectivity index (χ2v) is 3.56. The van der Waals surface area contributed by atoms with E-state index in [0.717, 1.165) is 12.8 Å². The van der Waals surface area contributed by atoms with Crippen molar-refractivity contribution in [3.63, 3.8) is 0 Å². The number of ketones is 1. The van der Waals surface area contributed by atoms with Gasteiger partial charge >= 0.3 is 0 Å². The Balaban J connectivity index is 2.42. The van der Waals surface area contributed by atoms with E-state index in [0.29, 0.717) is 17.6 Å². The van der Waals surface area contributed by atoms with Crippen LogP contribution in [0.5, 0.6) is 0 Å². The van der Waals surface area contributed by atoms with E-state index in [1.165, 1.54) is 12.8 Å². The number of hydrogen-bond acceptors (Lipinski definition) is 1. The fourth-order valence-corrected chi connectivity index (χ4v) is 1.84. The molecule has 1 aliphatic rings. The zero-order valence-corrected chi connectivity index (χ0v) is 6.89. The van der Waals surface area contributed by atoms with Crippen molar-refractivity contribution in [1.29, 1.82) is 0 Å². The van der Waals surface area contributed by atoms with Crippen molar-refractivity contribution in [3.8, 4) is 0 Å². The maximum absolute atomic E-state index is 11.0. The van der Waals surface area contributed by atoms with Crippen molar-refractivity contribution >= 4 is 5.78 Å². The van der Waals surface area contributed by atoms with Crippen LogP contribution in [-0.4, -0.2) is 5.78 Å². The van der Waals surface area contributed by atoms with Crippen LogP contribution in [0.15, 0.2) is 0 Å². The van der Waals surface area contributed by atoms with Crippen molar-refractivity contribution in [2.75, 3.05) is 0 Å². The third kappa shape index (κ3) is 1.83. The van der Waals surface area contributed by atoms with Gasteiger partial charge in [-0.3, -0.25) is 4.79 Å². The summed E-state index contributed by atoms with van der Waals surface area (Å²) in [6.45, 7) is 4.36. The summed E-state index contributed by atoms with van der Waals surface area (Å²) in [5.41, 5.74) is 0. The predicted molar refractivity (Wildman–Crippen MR) is 41.8 cm³/mol. The Hall–Kier alpha value is -0.330. The van der Waals surface area contributed by atoms with Gasteiger partial charge in [0.15, 0.2) is 0 Å². The molecule has 2 atom stereocenters. The van der Waals surface area contributed by atoms with Crippen LogP contribution in [0.2, 0.25) is 0 Å². The molecule has 0 bridgehead atoms. The highest BCUT2D eigenvalue weighted by atomic mass is 16.1. The fraction of sp³-hybridized carbons (Fsp3) is 0.889. The molecule has 0 spiro atoms. The molecule has 1 saturated carbocycles. The first-order valence-corrected chi connectivity index (χ1v) is 4.24. The van der Waals surface area contributed by atoms with E-state index >= 15 is 0 Å². The quantitative estimate of drug-likeness (QED) is 0.546. The lowest BCUT2D eigenvalue weighted by atomic mass is 9.80. The molecular formula is C9H16O. The highest BCUT2D eigenvalue weighted by Gasteiger charge is 2.22. The van der Waals surface area contributed by atoms with Gasteiger partial charge in [0, 0.05) is 12.8 Å². The molecule has 1 heteroatoms. The largest absolute Gasteiger partial charge is 0.300 e. The van der Waals surface area contributed by atoms with E-state index in [2.05, 4.69) is 13.8 Å². The van der Waals surface area contributed by atoms with Gasteiger partial charge in [-0.05, 0) is 18.3 Å². The number of carbonyl (C=O) groups excluding carboxylic acids is 1. The maximum Gasteiger partial charge on any atom is 0.133 e.